The Labute approximate surface area is 103 Å². The van der Waals surface area contributed by atoms with Gasteiger partial charge in [0.05, 0.1) is 0 Å². The smallest absolute Gasteiger partial charge is 0.326 e. The number of aliphatic hydroxyl groups excluding tert-OH is 1. The van der Waals surface area contributed by atoms with Gasteiger partial charge < -0.3 is 15.5 Å². The third kappa shape index (κ3) is 4.05. The molecule has 0 aliphatic heterocycles. The first-order chi connectivity index (χ1) is 8.04. The van der Waals surface area contributed by atoms with Gasteiger partial charge in [-0.3, -0.25) is 4.79 Å². The highest BCUT2D eigenvalue weighted by molar-refractivity contribution is 6.30. The number of carbonyl (C=O) groups excluding carboxylic acids is 1. The molecule has 1 rings (SSSR count). The SMILES string of the molecule is O=C(NC(CCO)C(=O)O)c1cccc(Cl)c1. The van der Waals surface area contributed by atoms with Gasteiger partial charge in [0, 0.05) is 23.6 Å². The van der Waals surface area contributed by atoms with Crippen LogP contribution in [-0.4, -0.2) is 34.7 Å². The van der Waals surface area contributed by atoms with Gasteiger partial charge in [-0.2, -0.15) is 0 Å². The molecule has 3 N–H and O–H groups in total. The largest absolute Gasteiger partial charge is 0.480 e. The molecule has 1 amide bonds. The summed E-state index contributed by atoms with van der Waals surface area (Å²) in [6.45, 7) is -0.313. The van der Waals surface area contributed by atoms with Crippen molar-refractivity contribution in [1.29, 1.82) is 0 Å². The van der Waals surface area contributed by atoms with E-state index in [1.54, 1.807) is 12.1 Å². The van der Waals surface area contributed by atoms with Crippen molar-refractivity contribution in [2.45, 2.75) is 12.5 Å². The number of rotatable bonds is 5. The molecule has 1 aromatic rings. The fourth-order valence-electron chi connectivity index (χ4n) is 1.26. The van der Waals surface area contributed by atoms with Crippen molar-refractivity contribution in [1.82, 2.24) is 5.32 Å². The van der Waals surface area contributed by atoms with E-state index < -0.39 is 17.9 Å². The number of amides is 1. The molecule has 0 saturated heterocycles. The zero-order chi connectivity index (χ0) is 12.8. The Morgan fingerprint density at radius 1 is 1.41 bits per heavy atom. The number of halogens is 1. The van der Waals surface area contributed by atoms with E-state index >= 15 is 0 Å². The van der Waals surface area contributed by atoms with Crippen LogP contribution in [-0.2, 0) is 4.79 Å². The van der Waals surface area contributed by atoms with Gasteiger partial charge in [0.1, 0.15) is 6.04 Å². The minimum atomic E-state index is -1.19. The van der Waals surface area contributed by atoms with Gasteiger partial charge in [0.2, 0.25) is 0 Å². The average Bonchev–Trinajstić information content (AvgIpc) is 2.28. The van der Waals surface area contributed by atoms with Crippen molar-refractivity contribution in [2.75, 3.05) is 6.61 Å². The zero-order valence-electron chi connectivity index (χ0n) is 8.89. The maximum absolute atomic E-state index is 11.7. The fraction of sp³-hybridized carbons (Fsp3) is 0.273. The van der Waals surface area contributed by atoms with Gasteiger partial charge >= 0.3 is 5.97 Å². The summed E-state index contributed by atoms with van der Waals surface area (Å²) in [5, 5.41) is 20.2. The first kappa shape index (κ1) is 13.5. The van der Waals surface area contributed by atoms with Crippen molar-refractivity contribution in [2.24, 2.45) is 0 Å². The first-order valence-corrected chi connectivity index (χ1v) is 5.32. The van der Waals surface area contributed by atoms with Crippen LogP contribution in [0.1, 0.15) is 16.8 Å². The van der Waals surface area contributed by atoms with Crippen molar-refractivity contribution in [3.8, 4) is 0 Å². The Hall–Kier alpha value is -1.59. The summed E-state index contributed by atoms with van der Waals surface area (Å²) in [6.07, 6.45) is -0.0400. The number of benzene rings is 1. The van der Waals surface area contributed by atoms with Crippen LogP contribution in [0.4, 0.5) is 0 Å². The molecule has 0 bridgehead atoms. The molecular weight excluding hydrogens is 246 g/mol. The first-order valence-electron chi connectivity index (χ1n) is 4.94. The predicted octanol–water partition coefficient (Wildman–Crippen LogP) is 0.905. The van der Waals surface area contributed by atoms with Crippen LogP contribution in [0.15, 0.2) is 24.3 Å². The third-order valence-electron chi connectivity index (χ3n) is 2.11. The van der Waals surface area contributed by atoms with E-state index in [0.29, 0.717) is 5.02 Å². The number of carboxylic acids is 1. The van der Waals surface area contributed by atoms with Crippen molar-refractivity contribution in [3.05, 3.63) is 34.9 Å². The second-order valence-electron chi connectivity index (χ2n) is 3.39. The monoisotopic (exact) mass is 257 g/mol. The number of hydrogen-bond acceptors (Lipinski definition) is 3. The Morgan fingerprint density at radius 2 is 2.12 bits per heavy atom. The minimum absolute atomic E-state index is 0.0400. The Kier molecular flexibility index (Phi) is 4.93. The van der Waals surface area contributed by atoms with Crippen LogP contribution in [0.5, 0.6) is 0 Å². The van der Waals surface area contributed by atoms with E-state index in [2.05, 4.69) is 5.32 Å². The second-order valence-corrected chi connectivity index (χ2v) is 3.82. The molecule has 17 heavy (non-hydrogen) atoms. The summed E-state index contributed by atoms with van der Waals surface area (Å²) in [4.78, 5) is 22.4. The molecule has 0 saturated carbocycles. The van der Waals surface area contributed by atoms with Crippen LogP contribution in [0.3, 0.4) is 0 Å². The fourth-order valence-corrected chi connectivity index (χ4v) is 1.45. The summed E-state index contributed by atoms with van der Waals surface area (Å²) in [7, 11) is 0. The van der Waals surface area contributed by atoms with Crippen LogP contribution < -0.4 is 5.32 Å². The van der Waals surface area contributed by atoms with Gasteiger partial charge in [-0.1, -0.05) is 17.7 Å². The summed E-state index contributed by atoms with van der Waals surface area (Å²) >= 11 is 5.71. The lowest BCUT2D eigenvalue weighted by molar-refractivity contribution is -0.139. The lowest BCUT2D eigenvalue weighted by Gasteiger charge is -2.13. The predicted molar refractivity (Wildman–Crippen MR) is 62.0 cm³/mol. The molecule has 1 aromatic carbocycles. The van der Waals surface area contributed by atoms with E-state index in [4.69, 9.17) is 21.8 Å². The van der Waals surface area contributed by atoms with Crippen LogP contribution in [0, 0.1) is 0 Å². The van der Waals surface area contributed by atoms with Crippen LogP contribution in [0.25, 0.3) is 0 Å². The third-order valence-corrected chi connectivity index (χ3v) is 2.34. The normalized spacial score (nSPS) is 11.9. The highest BCUT2D eigenvalue weighted by atomic mass is 35.5. The highest BCUT2D eigenvalue weighted by Crippen LogP contribution is 2.10. The molecule has 0 aliphatic carbocycles. The lowest BCUT2D eigenvalue weighted by atomic mass is 10.1. The van der Waals surface area contributed by atoms with Gasteiger partial charge in [-0.05, 0) is 18.2 Å². The minimum Gasteiger partial charge on any atom is -0.480 e. The molecule has 6 heteroatoms. The van der Waals surface area contributed by atoms with Crippen molar-refractivity contribution in [3.63, 3.8) is 0 Å². The molecule has 0 aromatic heterocycles. The summed E-state index contributed by atoms with van der Waals surface area (Å²) < 4.78 is 0. The van der Waals surface area contributed by atoms with Crippen LogP contribution in [0.2, 0.25) is 5.02 Å². The van der Waals surface area contributed by atoms with Gasteiger partial charge in [0.25, 0.3) is 5.91 Å². The second kappa shape index (κ2) is 6.22. The topological polar surface area (TPSA) is 86.6 Å². The number of nitrogens with one attached hydrogen (secondary N) is 1. The number of carbonyl (C=O) groups is 2. The number of aliphatic hydroxyl groups is 1. The lowest BCUT2D eigenvalue weighted by Crippen LogP contribution is -2.41. The average molecular weight is 258 g/mol. The molecule has 5 nitrogen and oxygen atoms in total. The number of hydrogen-bond donors (Lipinski definition) is 3. The molecule has 0 spiro atoms. The Bertz CT molecular complexity index is 422. The molecule has 0 radical (unpaired) electrons. The van der Waals surface area contributed by atoms with E-state index in [1.807, 2.05) is 0 Å². The standard InChI is InChI=1S/C11H12ClNO4/c12-8-3-1-2-7(6-8)10(15)13-9(4-5-14)11(16)17/h1-3,6,9,14H,4-5H2,(H,13,15)(H,16,17). The Morgan fingerprint density at radius 3 is 2.65 bits per heavy atom. The highest BCUT2D eigenvalue weighted by Gasteiger charge is 2.19. The zero-order valence-corrected chi connectivity index (χ0v) is 9.65. The Balaban J connectivity index is 2.73. The quantitative estimate of drug-likeness (QED) is 0.732. The molecule has 0 heterocycles. The van der Waals surface area contributed by atoms with E-state index in [0.717, 1.165) is 0 Å². The molecular formula is C11H12ClNO4. The van der Waals surface area contributed by atoms with Crippen molar-refractivity contribution >= 4 is 23.5 Å². The molecule has 92 valence electrons. The number of aliphatic carboxylic acids is 1. The van der Waals surface area contributed by atoms with Gasteiger partial charge in [-0.15, -0.1) is 0 Å². The summed E-state index contributed by atoms with van der Waals surface area (Å²) in [5.41, 5.74) is 0.279. The molecule has 1 unspecified atom stereocenters. The summed E-state index contributed by atoms with van der Waals surface area (Å²) in [5.74, 6) is -1.72. The van der Waals surface area contributed by atoms with Gasteiger partial charge in [-0.25, -0.2) is 4.79 Å². The van der Waals surface area contributed by atoms with E-state index in [1.165, 1.54) is 12.1 Å². The van der Waals surface area contributed by atoms with E-state index in [9.17, 15) is 9.59 Å². The van der Waals surface area contributed by atoms with Crippen molar-refractivity contribution < 1.29 is 19.8 Å². The summed E-state index contributed by atoms with van der Waals surface area (Å²) in [6, 6.07) is 5.07. The maximum Gasteiger partial charge on any atom is 0.326 e. The molecule has 1 atom stereocenters. The van der Waals surface area contributed by atoms with Crippen LogP contribution >= 0.6 is 11.6 Å². The maximum atomic E-state index is 11.7. The number of carboxylic acid groups (broad SMARTS) is 1. The van der Waals surface area contributed by atoms with Gasteiger partial charge in [0.15, 0.2) is 0 Å². The van der Waals surface area contributed by atoms with E-state index in [-0.39, 0.29) is 18.6 Å². The molecule has 0 aliphatic rings. The molecule has 0 fully saturated rings.